The molecule has 0 aliphatic heterocycles. The summed E-state index contributed by atoms with van der Waals surface area (Å²) in [7, 11) is 0. The van der Waals surface area contributed by atoms with Crippen LogP contribution in [0.2, 0.25) is 0 Å². The van der Waals surface area contributed by atoms with Gasteiger partial charge in [-0.1, -0.05) is 48.5 Å². The number of carbonyl (C=O) groups is 1. The van der Waals surface area contributed by atoms with E-state index in [-0.39, 0.29) is 11.2 Å². The summed E-state index contributed by atoms with van der Waals surface area (Å²) in [6.45, 7) is 1.51. The fourth-order valence-corrected chi connectivity index (χ4v) is 2.25. The summed E-state index contributed by atoms with van der Waals surface area (Å²) in [6, 6.07) is 17.7. The van der Waals surface area contributed by atoms with Gasteiger partial charge in [-0.3, -0.25) is 4.79 Å². The van der Waals surface area contributed by atoms with Crippen LogP contribution in [0.25, 0.3) is 0 Å². The lowest BCUT2D eigenvalue weighted by Gasteiger charge is -2.16. The monoisotopic (exact) mass is 257 g/mol. The molecular formula is C15H15NOS. The lowest BCUT2D eigenvalue weighted by Crippen LogP contribution is -2.09. The molecule has 1 amide bonds. The third-order valence-electron chi connectivity index (χ3n) is 2.68. The summed E-state index contributed by atoms with van der Waals surface area (Å²) in [4.78, 5) is 11.2. The van der Waals surface area contributed by atoms with Crippen LogP contribution in [0.4, 0.5) is 5.69 Å². The van der Waals surface area contributed by atoms with Gasteiger partial charge in [0.1, 0.15) is 0 Å². The first kappa shape index (κ1) is 12.7. The van der Waals surface area contributed by atoms with Crippen LogP contribution in [0.15, 0.2) is 54.6 Å². The van der Waals surface area contributed by atoms with Crippen LogP contribution in [-0.2, 0) is 4.79 Å². The number of hydrogen-bond donors (Lipinski definition) is 2. The van der Waals surface area contributed by atoms with Gasteiger partial charge >= 0.3 is 0 Å². The second-order valence-electron chi connectivity index (χ2n) is 4.08. The van der Waals surface area contributed by atoms with Gasteiger partial charge in [0.25, 0.3) is 0 Å². The SMILES string of the molecule is CC(=O)Nc1ccccc1C(S)c1ccccc1. The first-order valence-electron chi connectivity index (χ1n) is 5.78. The average Bonchev–Trinajstić information content (AvgIpc) is 2.39. The second-order valence-corrected chi connectivity index (χ2v) is 4.60. The molecule has 2 rings (SSSR count). The van der Waals surface area contributed by atoms with Crippen LogP contribution >= 0.6 is 12.6 Å². The predicted octanol–water partition coefficient (Wildman–Crippen LogP) is 3.66. The molecule has 1 unspecified atom stereocenters. The van der Waals surface area contributed by atoms with Crippen molar-refractivity contribution in [1.82, 2.24) is 0 Å². The van der Waals surface area contributed by atoms with Crippen LogP contribution in [0.1, 0.15) is 23.3 Å². The number of para-hydroxylation sites is 1. The molecule has 1 atom stereocenters. The quantitative estimate of drug-likeness (QED) is 0.807. The van der Waals surface area contributed by atoms with E-state index in [1.807, 2.05) is 54.6 Å². The number of amides is 1. The molecule has 0 saturated heterocycles. The van der Waals surface area contributed by atoms with E-state index in [0.29, 0.717) is 0 Å². The van der Waals surface area contributed by atoms with Crippen LogP contribution in [0.5, 0.6) is 0 Å². The van der Waals surface area contributed by atoms with Gasteiger partial charge in [-0.25, -0.2) is 0 Å². The van der Waals surface area contributed by atoms with E-state index in [9.17, 15) is 4.79 Å². The van der Waals surface area contributed by atoms with E-state index in [0.717, 1.165) is 16.8 Å². The summed E-state index contributed by atoms with van der Waals surface area (Å²) < 4.78 is 0. The van der Waals surface area contributed by atoms with Crippen molar-refractivity contribution in [1.29, 1.82) is 0 Å². The molecule has 92 valence electrons. The largest absolute Gasteiger partial charge is 0.326 e. The first-order chi connectivity index (χ1) is 8.68. The Labute approximate surface area is 112 Å². The minimum atomic E-state index is -0.0731. The lowest BCUT2D eigenvalue weighted by molar-refractivity contribution is -0.114. The molecule has 3 heteroatoms. The van der Waals surface area contributed by atoms with Crippen molar-refractivity contribution in [2.24, 2.45) is 0 Å². The van der Waals surface area contributed by atoms with Gasteiger partial charge in [-0.05, 0) is 17.2 Å². The molecule has 0 spiro atoms. The average molecular weight is 257 g/mol. The maximum absolute atomic E-state index is 11.2. The van der Waals surface area contributed by atoms with E-state index >= 15 is 0 Å². The fourth-order valence-electron chi connectivity index (χ4n) is 1.85. The Morgan fingerprint density at radius 2 is 1.67 bits per heavy atom. The highest BCUT2D eigenvalue weighted by atomic mass is 32.1. The zero-order valence-corrected chi connectivity index (χ0v) is 11.0. The number of hydrogen-bond acceptors (Lipinski definition) is 2. The highest BCUT2D eigenvalue weighted by molar-refractivity contribution is 7.80. The summed E-state index contributed by atoms with van der Waals surface area (Å²) in [5, 5.41) is 2.79. The smallest absolute Gasteiger partial charge is 0.221 e. The van der Waals surface area contributed by atoms with Gasteiger partial charge in [0.2, 0.25) is 5.91 Å². The van der Waals surface area contributed by atoms with Crippen molar-refractivity contribution in [3.63, 3.8) is 0 Å². The molecule has 2 aromatic carbocycles. The van der Waals surface area contributed by atoms with E-state index < -0.39 is 0 Å². The maximum atomic E-state index is 11.2. The third-order valence-corrected chi connectivity index (χ3v) is 3.26. The van der Waals surface area contributed by atoms with Crippen LogP contribution in [0, 0.1) is 0 Å². The van der Waals surface area contributed by atoms with E-state index in [1.54, 1.807) is 0 Å². The van der Waals surface area contributed by atoms with Gasteiger partial charge in [-0.2, -0.15) is 12.6 Å². The summed E-state index contributed by atoms with van der Waals surface area (Å²) in [6.07, 6.45) is 0. The molecule has 0 bridgehead atoms. The summed E-state index contributed by atoms with van der Waals surface area (Å²) >= 11 is 4.65. The molecule has 0 saturated carbocycles. The molecule has 0 heterocycles. The van der Waals surface area contributed by atoms with E-state index in [2.05, 4.69) is 17.9 Å². The number of nitrogens with one attached hydrogen (secondary N) is 1. The molecule has 0 aliphatic carbocycles. The minimum Gasteiger partial charge on any atom is -0.326 e. The van der Waals surface area contributed by atoms with Gasteiger partial charge in [0, 0.05) is 12.6 Å². The Hall–Kier alpha value is -1.74. The molecule has 0 aliphatic rings. The second kappa shape index (κ2) is 5.74. The van der Waals surface area contributed by atoms with Crippen LogP contribution in [0.3, 0.4) is 0 Å². The Morgan fingerprint density at radius 1 is 1.06 bits per heavy atom. The van der Waals surface area contributed by atoms with Crippen molar-refractivity contribution < 1.29 is 4.79 Å². The molecule has 0 radical (unpaired) electrons. The van der Waals surface area contributed by atoms with Crippen molar-refractivity contribution in [2.45, 2.75) is 12.2 Å². The molecule has 0 aromatic heterocycles. The Kier molecular flexibility index (Phi) is 4.05. The van der Waals surface area contributed by atoms with Gasteiger partial charge < -0.3 is 5.32 Å². The van der Waals surface area contributed by atoms with Crippen molar-refractivity contribution in [2.75, 3.05) is 5.32 Å². The van der Waals surface area contributed by atoms with Gasteiger partial charge in [0.15, 0.2) is 0 Å². The molecule has 2 nitrogen and oxygen atoms in total. The number of carbonyl (C=O) groups excluding carboxylic acids is 1. The Bertz CT molecular complexity index is 539. The van der Waals surface area contributed by atoms with Crippen LogP contribution in [-0.4, -0.2) is 5.91 Å². The summed E-state index contributed by atoms with van der Waals surface area (Å²) in [5.41, 5.74) is 2.93. The van der Waals surface area contributed by atoms with Crippen molar-refractivity contribution in [3.8, 4) is 0 Å². The highest BCUT2D eigenvalue weighted by Gasteiger charge is 2.13. The van der Waals surface area contributed by atoms with Crippen molar-refractivity contribution >= 4 is 24.2 Å². The maximum Gasteiger partial charge on any atom is 0.221 e. The number of thiol groups is 1. The highest BCUT2D eigenvalue weighted by Crippen LogP contribution is 2.32. The number of benzene rings is 2. The molecule has 18 heavy (non-hydrogen) atoms. The van der Waals surface area contributed by atoms with Crippen LogP contribution < -0.4 is 5.32 Å². The molecule has 0 fully saturated rings. The zero-order valence-electron chi connectivity index (χ0n) is 10.1. The van der Waals surface area contributed by atoms with Crippen molar-refractivity contribution in [3.05, 3.63) is 65.7 Å². The minimum absolute atomic E-state index is 0.0470. The topological polar surface area (TPSA) is 29.1 Å². The Morgan fingerprint density at radius 3 is 2.33 bits per heavy atom. The van der Waals surface area contributed by atoms with E-state index in [4.69, 9.17) is 0 Å². The molecule has 1 N–H and O–H groups in total. The number of rotatable bonds is 3. The van der Waals surface area contributed by atoms with Gasteiger partial charge in [0.05, 0.1) is 5.25 Å². The lowest BCUT2D eigenvalue weighted by atomic mass is 10.0. The zero-order chi connectivity index (χ0) is 13.0. The number of anilines is 1. The predicted molar refractivity (Wildman–Crippen MR) is 78.0 cm³/mol. The summed E-state index contributed by atoms with van der Waals surface area (Å²) in [5.74, 6) is -0.0731. The molecule has 2 aromatic rings. The fraction of sp³-hybridized carbons (Fsp3) is 0.133. The van der Waals surface area contributed by atoms with Gasteiger partial charge in [-0.15, -0.1) is 0 Å². The standard InChI is InChI=1S/C15H15NOS/c1-11(17)16-14-10-6-5-9-13(14)15(18)12-7-3-2-4-8-12/h2-10,15,18H,1H3,(H,16,17). The van der Waals surface area contributed by atoms with E-state index in [1.165, 1.54) is 6.92 Å². The Balaban J connectivity index is 2.36. The molecular weight excluding hydrogens is 242 g/mol. The third kappa shape index (κ3) is 2.93. The first-order valence-corrected chi connectivity index (χ1v) is 6.29. The normalized spacial score (nSPS) is 11.9.